The second-order valence-electron chi connectivity index (χ2n) is 7.37. The number of amides is 1. The van der Waals surface area contributed by atoms with E-state index in [1.165, 1.54) is 6.33 Å². The zero-order valence-corrected chi connectivity index (χ0v) is 18.2. The third-order valence-electron chi connectivity index (χ3n) is 5.04. The van der Waals surface area contributed by atoms with Gasteiger partial charge in [0.2, 0.25) is 5.95 Å². The summed E-state index contributed by atoms with van der Waals surface area (Å²) in [5.74, 6) is 1.14. The first-order chi connectivity index (χ1) is 16.1. The first-order valence-corrected chi connectivity index (χ1v) is 10.7. The summed E-state index contributed by atoms with van der Waals surface area (Å²) in [6.45, 7) is 0.649. The summed E-state index contributed by atoms with van der Waals surface area (Å²) in [6, 6.07) is 24.7. The SMILES string of the molecule is O=C(Nc1ncn(Cc2ccccc2Cl)n1)c1ccc(COc2ccc3ccccc3c2)o1. The normalized spacial score (nSPS) is 10.9. The predicted molar refractivity (Wildman–Crippen MR) is 126 cm³/mol. The Kier molecular flexibility index (Phi) is 5.78. The van der Waals surface area contributed by atoms with E-state index in [9.17, 15) is 4.79 Å². The number of benzene rings is 3. The van der Waals surface area contributed by atoms with Gasteiger partial charge < -0.3 is 9.15 Å². The van der Waals surface area contributed by atoms with Crippen LogP contribution in [-0.2, 0) is 13.2 Å². The van der Waals surface area contributed by atoms with Crippen LogP contribution >= 0.6 is 11.6 Å². The summed E-state index contributed by atoms with van der Waals surface area (Å²) in [5.41, 5.74) is 0.907. The van der Waals surface area contributed by atoms with E-state index >= 15 is 0 Å². The zero-order valence-electron chi connectivity index (χ0n) is 17.4. The van der Waals surface area contributed by atoms with Crippen LogP contribution in [0.1, 0.15) is 21.9 Å². The van der Waals surface area contributed by atoms with Crippen LogP contribution in [0.25, 0.3) is 10.8 Å². The molecule has 7 nitrogen and oxygen atoms in total. The van der Waals surface area contributed by atoms with E-state index in [1.807, 2.05) is 66.7 Å². The molecule has 0 fully saturated rings. The Balaban J connectivity index is 1.19. The van der Waals surface area contributed by atoms with Crippen molar-refractivity contribution in [3.63, 3.8) is 0 Å². The molecule has 164 valence electrons. The lowest BCUT2D eigenvalue weighted by Crippen LogP contribution is -2.12. The summed E-state index contributed by atoms with van der Waals surface area (Å²) in [6.07, 6.45) is 1.53. The van der Waals surface area contributed by atoms with Gasteiger partial charge in [-0.25, -0.2) is 9.67 Å². The van der Waals surface area contributed by atoms with E-state index in [4.69, 9.17) is 20.8 Å². The molecule has 0 aliphatic heterocycles. The number of nitrogens with one attached hydrogen (secondary N) is 1. The number of furan rings is 1. The molecular weight excluding hydrogens is 440 g/mol. The summed E-state index contributed by atoms with van der Waals surface area (Å²) in [5, 5.41) is 9.79. The molecule has 1 N–H and O–H groups in total. The maximum absolute atomic E-state index is 12.5. The minimum atomic E-state index is -0.442. The van der Waals surface area contributed by atoms with Gasteiger partial charge in [-0.3, -0.25) is 10.1 Å². The fraction of sp³-hybridized carbons (Fsp3) is 0.0800. The van der Waals surface area contributed by atoms with Crippen molar-refractivity contribution in [3.05, 3.63) is 107 Å². The Hall–Kier alpha value is -4.10. The summed E-state index contributed by atoms with van der Waals surface area (Å²) >= 11 is 6.18. The van der Waals surface area contributed by atoms with Gasteiger partial charge in [-0.15, -0.1) is 5.10 Å². The molecule has 2 heterocycles. The topological polar surface area (TPSA) is 82.2 Å². The average Bonchev–Trinajstić information content (AvgIpc) is 3.49. The maximum Gasteiger partial charge on any atom is 0.293 e. The number of anilines is 1. The molecule has 0 bridgehead atoms. The zero-order chi connectivity index (χ0) is 22.6. The third kappa shape index (κ3) is 4.88. The van der Waals surface area contributed by atoms with Gasteiger partial charge in [0.25, 0.3) is 5.91 Å². The minimum absolute atomic E-state index is 0.148. The van der Waals surface area contributed by atoms with Crippen molar-refractivity contribution in [3.8, 4) is 5.75 Å². The highest BCUT2D eigenvalue weighted by Crippen LogP contribution is 2.22. The fourth-order valence-corrected chi connectivity index (χ4v) is 3.58. The number of rotatable bonds is 7. The van der Waals surface area contributed by atoms with E-state index in [0.717, 1.165) is 22.1 Å². The number of ether oxygens (including phenoxy) is 1. The molecule has 0 spiro atoms. The first-order valence-electron chi connectivity index (χ1n) is 10.3. The van der Waals surface area contributed by atoms with Crippen molar-refractivity contribution in [2.24, 2.45) is 0 Å². The number of hydrogen-bond acceptors (Lipinski definition) is 5. The van der Waals surface area contributed by atoms with E-state index in [2.05, 4.69) is 15.4 Å². The third-order valence-corrected chi connectivity index (χ3v) is 5.41. The summed E-state index contributed by atoms with van der Waals surface area (Å²) in [4.78, 5) is 16.6. The lowest BCUT2D eigenvalue weighted by molar-refractivity contribution is 0.0991. The number of hydrogen-bond donors (Lipinski definition) is 1. The standard InChI is InChI=1S/C25H19ClN4O3/c26-22-8-4-3-7-19(22)14-30-16-27-25(29-30)28-24(31)23-12-11-21(33-23)15-32-20-10-9-17-5-1-2-6-18(17)13-20/h1-13,16H,14-15H2,(H,28,29,31). The van der Waals surface area contributed by atoms with Crippen molar-refractivity contribution in [1.29, 1.82) is 0 Å². The van der Waals surface area contributed by atoms with Crippen molar-refractivity contribution in [1.82, 2.24) is 14.8 Å². The molecule has 0 unspecified atom stereocenters. The van der Waals surface area contributed by atoms with Gasteiger partial charge in [-0.2, -0.15) is 0 Å². The molecule has 0 saturated heterocycles. The molecule has 8 heteroatoms. The second-order valence-corrected chi connectivity index (χ2v) is 7.78. The molecule has 3 aromatic carbocycles. The van der Waals surface area contributed by atoms with Crippen LogP contribution in [0.5, 0.6) is 5.75 Å². The van der Waals surface area contributed by atoms with Crippen LogP contribution in [-0.4, -0.2) is 20.7 Å². The summed E-state index contributed by atoms with van der Waals surface area (Å²) in [7, 11) is 0. The van der Waals surface area contributed by atoms with Crippen molar-refractivity contribution in [2.45, 2.75) is 13.2 Å². The maximum atomic E-state index is 12.5. The van der Waals surface area contributed by atoms with Gasteiger partial charge in [0, 0.05) is 5.02 Å². The molecule has 0 saturated carbocycles. The number of aromatic nitrogens is 3. The monoisotopic (exact) mass is 458 g/mol. The number of nitrogens with zero attached hydrogens (tertiary/aromatic N) is 3. The quantitative estimate of drug-likeness (QED) is 0.345. The van der Waals surface area contributed by atoms with Gasteiger partial charge in [0.1, 0.15) is 24.4 Å². The van der Waals surface area contributed by atoms with Crippen LogP contribution in [0.3, 0.4) is 0 Å². The highest BCUT2D eigenvalue weighted by Gasteiger charge is 2.14. The largest absolute Gasteiger partial charge is 0.486 e. The second kappa shape index (κ2) is 9.18. The van der Waals surface area contributed by atoms with Gasteiger partial charge in [0.05, 0.1) is 6.54 Å². The Bertz CT molecular complexity index is 1430. The van der Waals surface area contributed by atoms with Gasteiger partial charge in [0.15, 0.2) is 5.76 Å². The Morgan fingerprint density at radius 2 is 1.82 bits per heavy atom. The van der Waals surface area contributed by atoms with Crippen molar-refractivity contribution in [2.75, 3.05) is 5.32 Å². The number of fused-ring (bicyclic) bond motifs is 1. The van der Waals surface area contributed by atoms with Crippen LogP contribution in [0, 0.1) is 0 Å². The van der Waals surface area contributed by atoms with E-state index in [1.54, 1.807) is 16.8 Å². The van der Waals surface area contributed by atoms with Crippen molar-refractivity contribution < 1.29 is 13.9 Å². The average molecular weight is 459 g/mol. The van der Waals surface area contributed by atoms with Crippen LogP contribution in [0.15, 0.2) is 89.6 Å². The van der Waals surface area contributed by atoms with Crippen molar-refractivity contribution >= 4 is 34.2 Å². The van der Waals surface area contributed by atoms with Crippen LogP contribution in [0.2, 0.25) is 5.02 Å². The first kappa shape index (κ1) is 20.8. The molecule has 5 rings (SSSR count). The van der Waals surface area contributed by atoms with Gasteiger partial charge >= 0.3 is 0 Å². The van der Waals surface area contributed by atoms with E-state index in [-0.39, 0.29) is 18.3 Å². The smallest absolute Gasteiger partial charge is 0.293 e. The molecule has 1 amide bonds. The lowest BCUT2D eigenvalue weighted by atomic mass is 10.1. The molecular formula is C25H19ClN4O3. The number of carbonyl (C=O) groups excluding carboxylic acids is 1. The molecule has 33 heavy (non-hydrogen) atoms. The molecule has 0 aliphatic rings. The molecule has 0 radical (unpaired) electrons. The lowest BCUT2D eigenvalue weighted by Gasteiger charge is -2.05. The molecule has 0 aliphatic carbocycles. The van der Waals surface area contributed by atoms with E-state index in [0.29, 0.717) is 17.3 Å². The molecule has 0 atom stereocenters. The Morgan fingerprint density at radius 1 is 1.00 bits per heavy atom. The minimum Gasteiger partial charge on any atom is -0.486 e. The molecule has 2 aromatic heterocycles. The van der Waals surface area contributed by atoms with Crippen LogP contribution in [0.4, 0.5) is 5.95 Å². The fourth-order valence-electron chi connectivity index (χ4n) is 3.38. The van der Waals surface area contributed by atoms with E-state index < -0.39 is 5.91 Å². The van der Waals surface area contributed by atoms with Gasteiger partial charge in [-0.05, 0) is 46.7 Å². The highest BCUT2D eigenvalue weighted by atomic mass is 35.5. The predicted octanol–water partition coefficient (Wildman–Crippen LogP) is 5.56. The highest BCUT2D eigenvalue weighted by molar-refractivity contribution is 6.31. The Labute approximate surface area is 194 Å². The number of carbonyl (C=O) groups is 1. The van der Waals surface area contributed by atoms with Gasteiger partial charge in [-0.1, -0.05) is 60.1 Å². The Morgan fingerprint density at radius 3 is 2.70 bits per heavy atom. The number of halogens is 1. The van der Waals surface area contributed by atoms with Crippen LogP contribution < -0.4 is 10.1 Å². The summed E-state index contributed by atoms with van der Waals surface area (Å²) < 4.78 is 13.0. The molecule has 5 aromatic rings.